The molecule has 0 aliphatic heterocycles. The minimum Gasteiger partial charge on any atom is -0.368 e. The molecule has 0 saturated heterocycles. The third-order valence-electron chi connectivity index (χ3n) is 6.80. The van der Waals surface area contributed by atoms with Gasteiger partial charge in [-0.25, -0.2) is 0 Å². The van der Waals surface area contributed by atoms with Gasteiger partial charge in [0.25, 0.3) is 0 Å². The van der Waals surface area contributed by atoms with Crippen molar-refractivity contribution in [3.8, 4) is 0 Å². The van der Waals surface area contributed by atoms with E-state index in [1.165, 1.54) is 6.08 Å². The van der Waals surface area contributed by atoms with Gasteiger partial charge < -0.3 is 14.2 Å². The maximum Gasteiger partial charge on any atom is 0.192 e. The Hall–Kier alpha value is -1.37. The third-order valence-corrected chi connectivity index (χ3v) is 6.80. The van der Waals surface area contributed by atoms with Gasteiger partial charge in [0.1, 0.15) is 23.1 Å². The zero-order chi connectivity index (χ0) is 27.6. The predicted octanol–water partition coefficient (Wildman–Crippen LogP) is 5.89. The Morgan fingerprint density at radius 1 is 0.853 bits per heavy atom. The zero-order valence-corrected chi connectivity index (χ0v) is 24.2. The lowest BCUT2D eigenvalue weighted by molar-refractivity contribution is -0.184. The van der Waals surface area contributed by atoms with E-state index >= 15 is 0 Å². The van der Waals surface area contributed by atoms with Crippen molar-refractivity contribution >= 4 is 17.3 Å². The van der Waals surface area contributed by atoms with E-state index < -0.39 is 39.3 Å². The van der Waals surface area contributed by atoms with Crippen LogP contribution in [0.15, 0.2) is 12.7 Å². The SMILES string of the molecule is C=CC(=O)C(C)(C)OC(C)(C)CC(C)(C)C(=O)C(C)(C)C(C)(C)OC(C)C(=O)C(C)(C)OCC. The molecule has 1 unspecified atom stereocenters. The fourth-order valence-electron chi connectivity index (χ4n) is 4.85. The third kappa shape index (κ3) is 7.82. The lowest BCUT2D eigenvalue weighted by Gasteiger charge is -2.47. The molecule has 34 heavy (non-hydrogen) atoms. The smallest absolute Gasteiger partial charge is 0.192 e. The summed E-state index contributed by atoms with van der Waals surface area (Å²) in [5.74, 6) is -0.403. The van der Waals surface area contributed by atoms with Crippen molar-refractivity contribution in [2.45, 2.75) is 132 Å². The van der Waals surface area contributed by atoms with Crippen molar-refractivity contribution in [3.05, 3.63) is 12.7 Å². The van der Waals surface area contributed by atoms with E-state index in [0.29, 0.717) is 13.0 Å². The maximum absolute atomic E-state index is 13.9. The summed E-state index contributed by atoms with van der Waals surface area (Å²) >= 11 is 0. The summed E-state index contributed by atoms with van der Waals surface area (Å²) < 4.78 is 18.0. The van der Waals surface area contributed by atoms with E-state index in [0.717, 1.165) is 0 Å². The molecule has 0 bridgehead atoms. The average molecular weight is 483 g/mol. The van der Waals surface area contributed by atoms with Crippen LogP contribution in [0.4, 0.5) is 0 Å². The van der Waals surface area contributed by atoms with E-state index in [1.807, 2.05) is 62.3 Å². The quantitative estimate of drug-likeness (QED) is 0.271. The molecule has 0 fully saturated rings. The summed E-state index contributed by atoms with van der Waals surface area (Å²) in [6.45, 7) is 29.3. The van der Waals surface area contributed by atoms with E-state index in [4.69, 9.17) is 14.2 Å². The minimum atomic E-state index is -1.05. The monoisotopic (exact) mass is 482 g/mol. The molecule has 0 aromatic heterocycles. The van der Waals surface area contributed by atoms with Crippen molar-refractivity contribution in [2.75, 3.05) is 6.61 Å². The second-order valence-electron chi connectivity index (χ2n) is 12.5. The van der Waals surface area contributed by atoms with Gasteiger partial charge in [-0.3, -0.25) is 14.4 Å². The molecule has 1 atom stereocenters. The van der Waals surface area contributed by atoms with Crippen LogP contribution in [0.1, 0.15) is 103 Å². The summed E-state index contributed by atoms with van der Waals surface area (Å²) in [7, 11) is 0. The molecule has 0 rings (SSSR count). The number of carbonyl (C=O) groups is 3. The molecule has 0 saturated carbocycles. The van der Waals surface area contributed by atoms with Crippen LogP contribution in [0.2, 0.25) is 0 Å². The van der Waals surface area contributed by atoms with Crippen LogP contribution in [-0.2, 0) is 28.6 Å². The van der Waals surface area contributed by atoms with Crippen LogP contribution in [0.3, 0.4) is 0 Å². The van der Waals surface area contributed by atoms with Gasteiger partial charge >= 0.3 is 0 Å². The molecule has 0 N–H and O–H groups in total. The number of carbonyl (C=O) groups excluding carboxylic acids is 3. The molecule has 0 aliphatic carbocycles. The first kappa shape index (κ1) is 32.6. The molecule has 0 aromatic carbocycles. The average Bonchev–Trinajstić information content (AvgIpc) is 2.63. The van der Waals surface area contributed by atoms with Crippen LogP contribution in [0, 0.1) is 10.8 Å². The lowest BCUT2D eigenvalue weighted by Crippen LogP contribution is -2.56. The molecule has 198 valence electrons. The summed E-state index contributed by atoms with van der Waals surface area (Å²) in [4.78, 5) is 39.0. The van der Waals surface area contributed by atoms with Crippen molar-refractivity contribution in [2.24, 2.45) is 10.8 Å². The van der Waals surface area contributed by atoms with Gasteiger partial charge in [-0.2, -0.15) is 0 Å². The van der Waals surface area contributed by atoms with Gasteiger partial charge in [-0.05, 0) is 81.7 Å². The van der Waals surface area contributed by atoms with Crippen molar-refractivity contribution < 1.29 is 28.6 Å². The van der Waals surface area contributed by atoms with Crippen LogP contribution >= 0.6 is 0 Å². The van der Waals surface area contributed by atoms with Crippen LogP contribution in [-0.4, -0.2) is 52.5 Å². The molecule has 0 aliphatic rings. The molecule has 6 heteroatoms. The van der Waals surface area contributed by atoms with Gasteiger partial charge in [0.05, 0.1) is 16.6 Å². The summed E-state index contributed by atoms with van der Waals surface area (Å²) in [6, 6.07) is 0. The number of hydrogen-bond donors (Lipinski definition) is 0. The Kier molecular flexibility index (Phi) is 10.3. The predicted molar refractivity (Wildman–Crippen MR) is 137 cm³/mol. The lowest BCUT2D eigenvalue weighted by atomic mass is 9.63. The first-order valence-corrected chi connectivity index (χ1v) is 12.2. The van der Waals surface area contributed by atoms with Gasteiger partial charge in [-0.1, -0.05) is 34.3 Å². The van der Waals surface area contributed by atoms with E-state index in [-0.39, 0.29) is 17.3 Å². The van der Waals surface area contributed by atoms with Crippen LogP contribution in [0.25, 0.3) is 0 Å². The van der Waals surface area contributed by atoms with Gasteiger partial charge in [0, 0.05) is 12.0 Å². The Morgan fingerprint density at radius 3 is 1.74 bits per heavy atom. The van der Waals surface area contributed by atoms with Crippen LogP contribution < -0.4 is 0 Å². The largest absolute Gasteiger partial charge is 0.368 e. The van der Waals surface area contributed by atoms with Crippen molar-refractivity contribution in [1.82, 2.24) is 0 Å². The molecule has 6 nitrogen and oxygen atoms in total. The van der Waals surface area contributed by atoms with Gasteiger partial charge in [0.15, 0.2) is 11.6 Å². The number of Topliss-reactive ketones (excluding diaryl/α,β-unsaturated/α-hetero) is 2. The number of ether oxygens (including phenoxy) is 3. The fourth-order valence-corrected chi connectivity index (χ4v) is 4.85. The first-order chi connectivity index (χ1) is 14.9. The van der Waals surface area contributed by atoms with E-state index in [1.54, 1.807) is 34.6 Å². The Bertz CT molecular complexity index is 768. The maximum atomic E-state index is 13.9. The highest BCUT2D eigenvalue weighted by atomic mass is 16.5. The highest BCUT2D eigenvalue weighted by molar-refractivity contribution is 5.96. The molecule has 0 radical (unpaired) electrons. The molecule has 0 spiro atoms. The fraction of sp³-hybridized carbons (Fsp3) is 0.821. The zero-order valence-electron chi connectivity index (χ0n) is 24.2. The minimum absolute atomic E-state index is 0.0155. The molecular weight excluding hydrogens is 432 g/mol. The molecule has 0 amide bonds. The first-order valence-electron chi connectivity index (χ1n) is 12.2. The molecule has 0 aromatic rings. The summed E-state index contributed by atoms with van der Waals surface area (Å²) in [5.41, 5.74) is -5.45. The Labute approximate surface area is 208 Å². The number of hydrogen-bond acceptors (Lipinski definition) is 6. The molecular formula is C28H50O6. The highest BCUT2D eigenvalue weighted by Gasteiger charge is 2.52. The van der Waals surface area contributed by atoms with E-state index in [2.05, 4.69) is 6.58 Å². The van der Waals surface area contributed by atoms with Gasteiger partial charge in [-0.15, -0.1) is 0 Å². The highest BCUT2D eigenvalue weighted by Crippen LogP contribution is 2.45. The topological polar surface area (TPSA) is 78.9 Å². The van der Waals surface area contributed by atoms with E-state index in [9.17, 15) is 14.4 Å². The second kappa shape index (κ2) is 10.7. The van der Waals surface area contributed by atoms with Crippen LogP contribution in [0.5, 0.6) is 0 Å². The Balaban J connectivity index is 5.77. The van der Waals surface area contributed by atoms with Gasteiger partial charge in [0.2, 0.25) is 0 Å². The second-order valence-corrected chi connectivity index (χ2v) is 12.5. The van der Waals surface area contributed by atoms with Crippen molar-refractivity contribution in [1.29, 1.82) is 0 Å². The standard InChI is InChI=1S/C28H50O6/c1-16-20(29)26(10,11)34-24(6,7)18-23(4,5)22(31)25(8,9)28(14,15)33-19(3)21(30)27(12,13)32-17-2/h16,19H,1,17-18H2,2-15H3. The summed E-state index contributed by atoms with van der Waals surface area (Å²) in [5, 5.41) is 0. The molecule has 0 heterocycles. The number of rotatable bonds is 15. The number of ketones is 3. The Morgan fingerprint density at radius 2 is 1.32 bits per heavy atom. The summed E-state index contributed by atoms with van der Waals surface area (Å²) in [6.07, 6.45) is 0.889. The van der Waals surface area contributed by atoms with Crippen molar-refractivity contribution in [3.63, 3.8) is 0 Å². The normalized spacial score (nSPS) is 15.1.